The van der Waals surface area contributed by atoms with Gasteiger partial charge in [-0.25, -0.2) is 0 Å². The zero-order valence-corrected chi connectivity index (χ0v) is 14.0. The Hall–Kier alpha value is -0.200. The largest absolute Gasteiger partial charge is 0.329 e. The molecule has 118 valence electrons. The van der Waals surface area contributed by atoms with Crippen molar-refractivity contribution in [3.05, 3.63) is 0 Å². The Bertz CT molecular complexity index is 406. The molecule has 2 aliphatic heterocycles. The molecule has 0 radical (unpaired) electrons. The van der Waals surface area contributed by atoms with E-state index < -0.39 is 6.04 Å². The third kappa shape index (κ3) is 3.13. The molecule has 1 amide bonds. The van der Waals surface area contributed by atoms with Gasteiger partial charge in [0, 0.05) is 24.5 Å². The maximum atomic E-state index is 12.8. The molecule has 2 N–H and O–H groups in total. The van der Waals surface area contributed by atoms with Gasteiger partial charge >= 0.3 is 0 Å². The van der Waals surface area contributed by atoms with E-state index >= 15 is 0 Å². The Labute approximate surface area is 134 Å². The van der Waals surface area contributed by atoms with Gasteiger partial charge in [-0.1, -0.05) is 19.3 Å². The molecule has 0 unspecified atom stereocenters. The summed E-state index contributed by atoms with van der Waals surface area (Å²) in [6.45, 7) is 0.686. The number of hydrogen-bond donors (Lipinski definition) is 1. The summed E-state index contributed by atoms with van der Waals surface area (Å²) in [5.74, 6) is 2.54. The summed E-state index contributed by atoms with van der Waals surface area (Å²) in [5.41, 5.74) is 6.26. The highest BCUT2D eigenvalue weighted by atomic mass is 32.2. The first-order valence-electron chi connectivity index (χ1n) is 7.94. The van der Waals surface area contributed by atoms with E-state index in [4.69, 9.17) is 5.73 Å². The molecule has 0 aromatic rings. The van der Waals surface area contributed by atoms with E-state index in [0.29, 0.717) is 12.5 Å². The van der Waals surface area contributed by atoms with Crippen LogP contribution >= 0.6 is 23.5 Å². The number of nitrogens with two attached hydrogens (primary N) is 1. The summed E-state index contributed by atoms with van der Waals surface area (Å²) in [7, 11) is 0. The van der Waals surface area contributed by atoms with E-state index in [1.54, 1.807) is 4.90 Å². The number of rotatable bonds is 3. The van der Waals surface area contributed by atoms with Crippen LogP contribution in [0.1, 0.15) is 38.5 Å². The molecule has 3 fully saturated rings. The minimum absolute atomic E-state index is 0.00368. The normalized spacial score (nSPS) is 30.7. The molecule has 0 bridgehead atoms. The van der Waals surface area contributed by atoms with Crippen LogP contribution in [0.3, 0.4) is 0 Å². The molecular formula is C15H24N2O2S2. The van der Waals surface area contributed by atoms with Crippen LogP contribution in [0, 0.1) is 5.92 Å². The highest BCUT2D eigenvalue weighted by Gasteiger charge is 2.49. The van der Waals surface area contributed by atoms with Gasteiger partial charge in [0.05, 0.1) is 16.2 Å². The average Bonchev–Trinajstić information content (AvgIpc) is 3.14. The van der Waals surface area contributed by atoms with Crippen molar-refractivity contribution < 1.29 is 9.59 Å². The molecule has 2 heterocycles. The second kappa shape index (κ2) is 6.50. The smallest absolute Gasteiger partial charge is 0.240 e. The van der Waals surface area contributed by atoms with E-state index in [-0.39, 0.29) is 16.0 Å². The molecule has 4 nitrogen and oxygen atoms in total. The molecule has 1 spiro atoms. The third-order valence-corrected chi connectivity index (χ3v) is 8.45. The summed E-state index contributed by atoms with van der Waals surface area (Å²) >= 11 is 3.82. The van der Waals surface area contributed by atoms with Crippen LogP contribution in [0.5, 0.6) is 0 Å². The van der Waals surface area contributed by atoms with Gasteiger partial charge in [-0.3, -0.25) is 4.79 Å². The second-order valence-corrected chi connectivity index (χ2v) is 9.62. The number of aldehydes is 1. The first-order chi connectivity index (χ1) is 10.2. The van der Waals surface area contributed by atoms with Gasteiger partial charge in [0.15, 0.2) is 0 Å². The zero-order valence-electron chi connectivity index (χ0n) is 12.3. The van der Waals surface area contributed by atoms with Crippen molar-refractivity contribution in [1.82, 2.24) is 4.90 Å². The summed E-state index contributed by atoms with van der Waals surface area (Å²) in [6, 6.07) is -0.690. The third-order valence-electron chi connectivity index (χ3n) is 5.03. The molecule has 3 rings (SSSR count). The maximum absolute atomic E-state index is 12.8. The van der Waals surface area contributed by atoms with E-state index in [0.717, 1.165) is 37.1 Å². The van der Waals surface area contributed by atoms with E-state index in [1.165, 1.54) is 19.3 Å². The molecule has 21 heavy (non-hydrogen) atoms. The predicted octanol–water partition coefficient (Wildman–Crippen LogP) is 1.87. The van der Waals surface area contributed by atoms with E-state index in [1.807, 2.05) is 23.5 Å². The highest BCUT2D eigenvalue weighted by molar-refractivity contribution is 8.21. The minimum Gasteiger partial charge on any atom is -0.329 e. The quantitative estimate of drug-likeness (QED) is 0.801. The fourth-order valence-electron chi connectivity index (χ4n) is 3.83. The van der Waals surface area contributed by atoms with Crippen LogP contribution in [0.2, 0.25) is 0 Å². The fourth-order valence-corrected chi connectivity index (χ4v) is 7.11. The Kier molecular flexibility index (Phi) is 4.86. The first kappa shape index (κ1) is 15.7. The van der Waals surface area contributed by atoms with Crippen molar-refractivity contribution in [3.8, 4) is 0 Å². The van der Waals surface area contributed by atoms with E-state index in [2.05, 4.69) is 0 Å². The number of carbonyl (C=O) groups is 2. The molecule has 2 atom stereocenters. The van der Waals surface area contributed by atoms with Crippen molar-refractivity contribution in [2.75, 3.05) is 18.1 Å². The monoisotopic (exact) mass is 328 g/mol. The van der Waals surface area contributed by atoms with Crippen molar-refractivity contribution in [3.63, 3.8) is 0 Å². The number of hydrogen-bond acceptors (Lipinski definition) is 5. The van der Waals surface area contributed by atoms with Crippen LogP contribution in [0.25, 0.3) is 0 Å². The lowest BCUT2D eigenvalue weighted by Gasteiger charge is -2.31. The van der Waals surface area contributed by atoms with Crippen LogP contribution in [0.4, 0.5) is 0 Å². The van der Waals surface area contributed by atoms with Gasteiger partial charge in [-0.2, -0.15) is 0 Å². The molecule has 1 saturated carbocycles. The number of carbonyl (C=O) groups excluding carboxylic acids is 2. The van der Waals surface area contributed by atoms with E-state index in [9.17, 15) is 9.59 Å². The Morgan fingerprint density at radius 2 is 1.90 bits per heavy atom. The summed E-state index contributed by atoms with van der Waals surface area (Å²) in [6.07, 6.45) is 7.46. The fraction of sp³-hybridized carbons (Fsp3) is 0.867. The lowest BCUT2D eigenvalue weighted by Crippen LogP contribution is -2.50. The summed E-state index contributed by atoms with van der Waals surface area (Å²) < 4.78 is 0.0491. The number of nitrogens with zero attached hydrogens (tertiary/aromatic N) is 1. The first-order valence-corrected chi connectivity index (χ1v) is 9.92. The van der Waals surface area contributed by atoms with Gasteiger partial charge in [-0.15, -0.1) is 23.5 Å². The highest BCUT2D eigenvalue weighted by Crippen LogP contribution is 2.51. The van der Waals surface area contributed by atoms with Crippen LogP contribution in [-0.4, -0.2) is 51.3 Å². The van der Waals surface area contributed by atoms with Crippen molar-refractivity contribution in [2.24, 2.45) is 11.7 Å². The summed E-state index contributed by atoms with van der Waals surface area (Å²) in [5, 5.41) is 0. The molecular weight excluding hydrogens is 304 g/mol. The Balaban J connectivity index is 1.68. The van der Waals surface area contributed by atoms with Gasteiger partial charge in [-0.05, 0) is 18.8 Å². The standard InChI is InChI=1S/C15H24N2O2S2/c16-13(11-4-2-1-3-5-11)14(19)17-10-15(8-12(17)9-18)20-6-7-21-15/h9,11-13H,1-8,10,16H2/t12-,13-/m0/s1. The van der Waals surface area contributed by atoms with Gasteiger partial charge in [0.1, 0.15) is 6.29 Å². The van der Waals surface area contributed by atoms with Gasteiger partial charge in [0.2, 0.25) is 5.91 Å². The van der Waals surface area contributed by atoms with Crippen LogP contribution in [0.15, 0.2) is 0 Å². The second-order valence-electron chi connectivity index (χ2n) is 6.41. The molecule has 2 saturated heterocycles. The lowest BCUT2D eigenvalue weighted by molar-refractivity contribution is -0.137. The van der Waals surface area contributed by atoms with Crippen molar-refractivity contribution >= 4 is 35.7 Å². The number of thioether (sulfide) groups is 2. The molecule has 1 aliphatic carbocycles. The number of amides is 1. The Morgan fingerprint density at radius 3 is 2.52 bits per heavy atom. The molecule has 6 heteroatoms. The SMILES string of the molecule is N[C@H](C(=O)N1CC2(C[C@H]1C=O)SCCS2)C1CCCCC1. The van der Waals surface area contributed by atoms with Crippen molar-refractivity contribution in [2.45, 2.75) is 54.7 Å². The minimum atomic E-state index is -0.417. The molecule has 3 aliphatic rings. The molecule has 0 aromatic carbocycles. The van der Waals surface area contributed by atoms with Crippen LogP contribution < -0.4 is 5.73 Å². The lowest BCUT2D eigenvalue weighted by atomic mass is 9.83. The topological polar surface area (TPSA) is 63.4 Å². The number of likely N-dealkylation sites (tertiary alicyclic amines) is 1. The van der Waals surface area contributed by atoms with Crippen LogP contribution in [-0.2, 0) is 9.59 Å². The zero-order chi connectivity index (χ0) is 14.9. The van der Waals surface area contributed by atoms with Gasteiger partial charge < -0.3 is 15.4 Å². The Morgan fingerprint density at radius 1 is 1.24 bits per heavy atom. The predicted molar refractivity (Wildman–Crippen MR) is 88.4 cm³/mol. The maximum Gasteiger partial charge on any atom is 0.240 e. The van der Waals surface area contributed by atoms with Crippen molar-refractivity contribution in [1.29, 1.82) is 0 Å². The summed E-state index contributed by atoms with van der Waals surface area (Å²) in [4.78, 5) is 26.0. The molecule has 0 aromatic heterocycles. The van der Waals surface area contributed by atoms with Gasteiger partial charge in [0.25, 0.3) is 0 Å². The average molecular weight is 329 g/mol.